The van der Waals surface area contributed by atoms with Crippen molar-refractivity contribution in [2.45, 2.75) is 30.5 Å². The van der Waals surface area contributed by atoms with Crippen LogP contribution in [-0.2, 0) is 0 Å². The Kier molecular flexibility index (Phi) is 5.07. The molecule has 1 aromatic rings. The number of rotatable bonds is 3. The normalized spacial score (nSPS) is 22.6. The summed E-state index contributed by atoms with van der Waals surface area (Å²) in [5.74, 6) is -4.55. The quantitative estimate of drug-likeness (QED) is 0.652. The average molecular weight is 350 g/mol. The molecule has 2 rings (SSSR count). The van der Waals surface area contributed by atoms with Gasteiger partial charge in [-0.3, -0.25) is 4.79 Å². The molecule has 1 fully saturated rings. The van der Waals surface area contributed by atoms with E-state index < -0.39 is 23.4 Å². The fraction of sp³-hybridized carbons (Fsp3) is 0.500. The SMILES string of the molecule is O=C(NCC1CCCCC1Br)c1cc(F)c(F)c(F)c1. The molecule has 1 aliphatic carbocycles. The first-order valence-corrected chi connectivity index (χ1v) is 7.47. The molecular formula is C14H15BrF3NO. The lowest BCUT2D eigenvalue weighted by molar-refractivity contribution is 0.0943. The molecule has 2 atom stereocenters. The summed E-state index contributed by atoms with van der Waals surface area (Å²) in [6, 6.07) is 1.42. The van der Waals surface area contributed by atoms with Gasteiger partial charge in [0.25, 0.3) is 5.91 Å². The highest BCUT2D eigenvalue weighted by molar-refractivity contribution is 9.09. The van der Waals surface area contributed by atoms with Crippen molar-refractivity contribution in [1.82, 2.24) is 5.32 Å². The zero-order chi connectivity index (χ0) is 14.7. The van der Waals surface area contributed by atoms with Gasteiger partial charge >= 0.3 is 0 Å². The average Bonchev–Trinajstić information content (AvgIpc) is 2.43. The van der Waals surface area contributed by atoms with Gasteiger partial charge < -0.3 is 5.32 Å². The summed E-state index contributed by atoms with van der Waals surface area (Å²) < 4.78 is 38.9. The Labute approximate surface area is 123 Å². The lowest BCUT2D eigenvalue weighted by Crippen LogP contribution is -2.34. The number of carbonyl (C=O) groups excluding carboxylic acids is 1. The van der Waals surface area contributed by atoms with Crippen LogP contribution in [0.3, 0.4) is 0 Å². The predicted octanol–water partition coefficient (Wildman–Crippen LogP) is 3.79. The number of halogens is 4. The summed E-state index contributed by atoms with van der Waals surface area (Å²) in [6.45, 7) is 0.440. The van der Waals surface area contributed by atoms with Crippen molar-refractivity contribution in [3.05, 3.63) is 35.1 Å². The minimum atomic E-state index is -1.56. The molecule has 1 aromatic carbocycles. The van der Waals surface area contributed by atoms with Crippen LogP contribution in [0.25, 0.3) is 0 Å². The number of hydrogen-bond donors (Lipinski definition) is 1. The van der Waals surface area contributed by atoms with Crippen LogP contribution in [0, 0.1) is 23.4 Å². The van der Waals surface area contributed by atoms with Gasteiger partial charge in [-0.15, -0.1) is 0 Å². The molecule has 110 valence electrons. The van der Waals surface area contributed by atoms with Crippen LogP contribution in [0.5, 0.6) is 0 Å². The highest BCUT2D eigenvalue weighted by Gasteiger charge is 2.23. The maximum Gasteiger partial charge on any atom is 0.251 e. The molecule has 0 saturated heterocycles. The molecule has 0 aliphatic heterocycles. The van der Waals surface area contributed by atoms with Gasteiger partial charge in [0.1, 0.15) is 0 Å². The molecule has 6 heteroatoms. The van der Waals surface area contributed by atoms with Crippen LogP contribution >= 0.6 is 15.9 Å². The summed E-state index contributed by atoms with van der Waals surface area (Å²) >= 11 is 3.57. The first-order valence-electron chi connectivity index (χ1n) is 6.56. The van der Waals surface area contributed by atoms with Crippen LogP contribution in [0.1, 0.15) is 36.0 Å². The van der Waals surface area contributed by atoms with Crippen LogP contribution < -0.4 is 5.32 Å². The van der Waals surface area contributed by atoms with Crippen LogP contribution in [0.4, 0.5) is 13.2 Å². The molecule has 1 N–H and O–H groups in total. The standard InChI is InChI=1S/C14H15BrF3NO/c15-10-4-2-1-3-8(10)7-19-14(20)9-5-11(16)13(18)12(17)6-9/h5-6,8,10H,1-4,7H2,(H,19,20). The highest BCUT2D eigenvalue weighted by atomic mass is 79.9. The third-order valence-corrected chi connectivity index (χ3v) is 4.79. The molecule has 2 nitrogen and oxygen atoms in total. The van der Waals surface area contributed by atoms with Crippen LogP contribution in [0.15, 0.2) is 12.1 Å². The lowest BCUT2D eigenvalue weighted by atomic mass is 9.89. The summed E-state index contributed by atoms with van der Waals surface area (Å²) in [7, 11) is 0. The van der Waals surface area contributed by atoms with Crippen molar-refractivity contribution in [1.29, 1.82) is 0 Å². The molecule has 0 heterocycles. The van der Waals surface area contributed by atoms with Gasteiger partial charge in [-0.25, -0.2) is 13.2 Å². The van der Waals surface area contributed by atoms with E-state index in [1.54, 1.807) is 0 Å². The lowest BCUT2D eigenvalue weighted by Gasteiger charge is -2.27. The van der Waals surface area contributed by atoms with Crippen molar-refractivity contribution in [2.24, 2.45) is 5.92 Å². The van der Waals surface area contributed by atoms with Crippen molar-refractivity contribution in [2.75, 3.05) is 6.54 Å². The Bertz CT molecular complexity index is 486. The van der Waals surface area contributed by atoms with Gasteiger partial charge in [0, 0.05) is 16.9 Å². The third-order valence-electron chi connectivity index (χ3n) is 3.59. The van der Waals surface area contributed by atoms with Gasteiger partial charge in [-0.1, -0.05) is 28.8 Å². The van der Waals surface area contributed by atoms with Gasteiger partial charge in [0.05, 0.1) is 0 Å². The van der Waals surface area contributed by atoms with Gasteiger partial charge in [0.2, 0.25) is 0 Å². The van der Waals surface area contributed by atoms with Gasteiger partial charge in [-0.05, 0) is 30.9 Å². The molecular weight excluding hydrogens is 335 g/mol. The van der Waals surface area contributed by atoms with E-state index >= 15 is 0 Å². The molecule has 1 amide bonds. The molecule has 2 unspecified atom stereocenters. The second-order valence-electron chi connectivity index (χ2n) is 5.02. The monoisotopic (exact) mass is 349 g/mol. The van der Waals surface area contributed by atoms with Crippen molar-refractivity contribution in [3.8, 4) is 0 Å². The maximum atomic E-state index is 13.1. The Hall–Kier alpha value is -1.04. The zero-order valence-electron chi connectivity index (χ0n) is 10.8. The largest absolute Gasteiger partial charge is 0.352 e. The fourth-order valence-electron chi connectivity index (χ4n) is 2.40. The van der Waals surface area contributed by atoms with Gasteiger partial charge in [0.15, 0.2) is 17.5 Å². The summed E-state index contributed by atoms with van der Waals surface area (Å²) in [4.78, 5) is 12.2. The minimum absolute atomic E-state index is 0.205. The predicted molar refractivity (Wildman–Crippen MR) is 73.3 cm³/mol. The van der Waals surface area contributed by atoms with E-state index in [2.05, 4.69) is 21.2 Å². The minimum Gasteiger partial charge on any atom is -0.352 e. The van der Waals surface area contributed by atoms with Crippen LogP contribution in [-0.4, -0.2) is 17.3 Å². The summed E-state index contributed by atoms with van der Waals surface area (Å²) in [5, 5.41) is 2.65. The number of nitrogens with one attached hydrogen (secondary N) is 1. The van der Waals surface area contributed by atoms with Crippen molar-refractivity contribution < 1.29 is 18.0 Å². The number of alkyl halides is 1. The first kappa shape index (κ1) is 15.4. The highest BCUT2D eigenvalue weighted by Crippen LogP contribution is 2.29. The molecule has 0 spiro atoms. The molecule has 0 bridgehead atoms. The van der Waals surface area contributed by atoms with E-state index in [0.29, 0.717) is 29.4 Å². The van der Waals surface area contributed by atoms with E-state index in [1.807, 2.05) is 0 Å². The van der Waals surface area contributed by atoms with E-state index in [-0.39, 0.29) is 5.56 Å². The molecule has 1 aliphatic rings. The summed E-state index contributed by atoms with van der Waals surface area (Å²) in [6.07, 6.45) is 4.33. The summed E-state index contributed by atoms with van der Waals surface area (Å²) in [5.41, 5.74) is -0.205. The topological polar surface area (TPSA) is 29.1 Å². The second-order valence-corrected chi connectivity index (χ2v) is 6.20. The Morgan fingerprint density at radius 1 is 1.20 bits per heavy atom. The molecule has 0 aromatic heterocycles. The Balaban J connectivity index is 1.98. The molecule has 1 saturated carbocycles. The second kappa shape index (κ2) is 6.61. The number of hydrogen-bond acceptors (Lipinski definition) is 1. The van der Waals surface area contributed by atoms with Gasteiger partial charge in [-0.2, -0.15) is 0 Å². The number of carbonyl (C=O) groups is 1. The molecule has 20 heavy (non-hydrogen) atoms. The van der Waals surface area contributed by atoms with E-state index in [0.717, 1.165) is 25.7 Å². The van der Waals surface area contributed by atoms with Crippen LogP contribution in [0.2, 0.25) is 0 Å². The Morgan fingerprint density at radius 3 is 2.40 bits per heavy atom. The first-order chi connectivity index (χ1) is 9.49. The maximum absolute atomic E-state index is 13.1. The van der Waals surface area contributed by atoms with Crippen molar-refractivity contribution in [3.63, 3.8) is 0 Å². The zero-order valence-corrected chi connectivity index (χ0v) is 12.4. The third kappa shape index (κ3) is 3.53. The van der Waals surface area contributed by atoms with E-state index in [1.165, 1.54) is 0 Å². The Morgan fingerprint density at radius 2 is 1.80 bits per heavy atom. The van der Waals surface area contributed by atoms with E-state index in [4.69, 9.17) is 0 Å². The number of benzene rings is 1. The smallest absolute Gasteiger partial charge is 0.251 e. The number of amides is 1. The molecule has 0 radical (unpaired) electrons. The van der Waals surface area contributed by atoms with Crippen molar-refractivity contribution >= 4 is 21.8 Å². The fourth-order valence-corrected chi connectivity index (χ4v) is 3.18. The van der Waals surface area contributed by atoms with E-state index in [9.17, 15) is 18.0 Å².